The van der Waals surface area contributed by atoms with Gasteiger partial charge < -0.3 is 19.5 Å². The van der Waals surface area contributed by atoms with Crippen LogP contribution >= 0.6 is 0 Å². The molecule has 2 aromatic carbocycles. The largest absolute Gasteiger partial charge is 0.493 e. The van der Waals surface area contributed by atoms with Crippen molar-refractivity contribution in [1.82, 2.24) is 0 Å². The lowest BCUT2D eigenvalue weighted by Gasteiger charge is -2.23. The van der Waals surface area contributed by atoms with Crippen molar-refractivity contribution in [1.29, 1.82) is 0 Å². The normalized spacial score (nSPS) is 15.1. The standard InChI is InChI=1S/C20H22N2O5/c1-12(23)22-15-8-6-5-7-13(15)9-16(22)20(24)21-14-10-17(25-2)19(27-4)18(11-14)26-3/h5-8,10-11,16H,9H2,1-4H3,(H,21,24). The van der Waals surface area contributed by atoms with E-state index >= 15 is 0 Å². The quantitative estimate of drug-likeness (QED) is 0.876. The van der Waals surface area contributed by atoms with Crippen molar-refractivity contribution < 1.29 is 23.8 Å². The highest BCUT2D eigenvalue weighted by molar-refractivity contribution is 6.06. The average Bonchev–Trinajstić information content (AvgIpc) is 3.07. The number of hydrogen-bond donors (Lipinski definition) is 1. The molecule has 3 rings (SSSR count). The molecule has 0 saturated carbocycles. The van der Waals surface area contributed by atoms with Gasteiger partial charge in [0, 0.05) is 36.9 Å². The van der Waals surface area contributed by atoms with Crippen LogP contribution in [0.15, 0.2) is 36.4 Å². The van der Waals surface area contributed by atoms with E-state index < -0.39 is 6.04 Å². The molecule has 1 unspecified atom stereocenters. The first-order valence-electron chi connectivity index (χ1n) is 8.48. The zero-order valence-electron chi connectivity index (χ0n) is 15.7. The van der Waals surface area contributed by atoms with Gasteiger partial charge in [0.05, 0.1) is 21.3 Å². The molecule has 0 spiro atoms. The fraction of sp³-hybridized carbons (Fsp3) is 0.300. The number of amides is 2. The molecule has 2 aromatic rings. The van der Waals surface area contributed by atoms with Gasteiger partial charge in [-0.1, -0.05) is 18.2 Å². The summed E-state index contributed by atoms with van der Waals surface area (Å²) in [4.78, 5) is 26.6. The van der Waals surface area contributed by atoms with E-state index in [9.17, 15) is 9.59 Å². The van der Waals surface area contributed by atoms with Crippen LogP contribution in [0.2, 0.25) is 0 Å². The van der Waals surface area contributed by atoms with E-state index in [0.29, 0.717) is 29.4 Å². The highest BCUT2D eigenvalue weighted by atomic mass is 16.5. The first-order chi connectivity index (χ1) is 13.0. The topological polar surface area (TPSA) is 77.1 Å². The first-order valence-corrected chi connectivity index (χ1v) is 8.48. The van der Waals surface area contributed by atoms with Crippen LogP contribution in [0.3, 0.4) is 0 Å². The van der Waals surface area contributed by atoms with Crippen molar-refractivity contribution in [2.45, 2.75) is 19.4 Å². The maximum absolute atomic E-state index is 12.9. The number of benzene rings is 2. The maximum Gasteiger partial charge on any atom is 0.247 e. The summed E-state index contributed by atoms with van der Waals surface area (Å²) in [6.45, 7) is 1.46. The molecule has 142 valence electrons. The van der Waals surface area contributed by atoms with Gasteiger partial charge in [-0.2, -0.15) is 0 Å². The van der Waals surface area contributed by atoms with Gasteiger partial charge >= 0.3 is 0 Å². The van der Waals surface area contributed by atoms with E-state index in [0.717, 1.165) is 11.3 Å². The predicted octanol–water partition coefficient (Wildman–Crippen LogP) is 2.63. The number of anilines is 2. The van der Waals surface area contributed by atoms with Crippen LogP contribution in [-0.2, 0) is 16.0 Å². The molecule has 1 aliphatic heterocycles. The molecule has 0 bridgehead atoms. The van der Waals surface area contributed by atoms with Crippen LogP contribution in [-0.4, -0.2) is 39.2 Å². The number of ether oxygens (including phenoxy) is 3. The van der Waals surface area contributed by atoms with Crippen LogP contribution in [0.1, 0.15) is 12.5 Å². The Morgan fingerprint density at radius 1 is 1.04 bits per heavy atom. The third kappa shape index (κ3) is 3.40. The number of fused-ring (bicyclic) bond motifs is 1. The molecule has 1 heterocycles. The van der Waals surface area contributed by atoms with Gasteiger partial charge in [0.2, 0.25) is 17.6 Å². The van der Waals surface area contributed by atoms with Crippen molar-refractivity contribution in [3.8, 4) is 17.2 Å². The zero-order valence-corrected chi connectivity index (χ0v) is 15.7. The molecule has 0 aromatic heterocycles. The van der Waals surface area contributed by atoms with E-state index in [1.54, 1.807) is 12.1 Å². The minimum atomic E-state index is -0.612. The Hall–Kier alpha value is -3.22. The number of methoxy groups -OCH3 is 3. The molecule has 0 radical (unpaired) electrons. The lowest BCUT2D eigenvalue weighted by molar-refractivity contribution is -0.122. The summed E-state index contributed by atoms with van der Waals surface area (Å²) < 4.78 is 15.9. The highest BCUT2D eigenvalue weighted by Crippen LogP contribution is 2.40. The summed E-state index contributed by atoms with van der Waals surface area (Å²) in [6.07, 6.45) is 0.464. The minimum Gasteiger partial charge on any atom is -0.493 e. The Kier molecular flexibility index (Phi) is 5.21. The van der Waals surface area contributed by atoms with Crippen molar-refractivity contribution in [3.63, 3.8) is 0 Å². The summed E-state index contributed by atoms with van der Waals surface area (Å²) in [7, 11) is 4.53. The zero-order chi connectivity index (χ0) is 19.6. The number of para-hydroxylation sites is 1. The molecular weight excluding hydrogens is 348 g/mol. The van der Waals surface area contributed by atoms with Crippen LogP contribution in [0.25, 0.3) is 0 Å². The summed E-state index contributed by atoms with van der Waals surface area (Å²) in [5.41, 5.74) is 2.24. The number of nitrogens with one attached hydrogen (secondary N) is 1. The Bertz CT molecular complexity index is 855. The van der Waals surface area contributed by atoms with Gasteiger partial charge in [0.15, 0.2) is 11.5 Å². The molecular formula is C20H22N2O5. The van der Waals surface area contributed by atoms with E-state index in [1.807, 2.05) is 24.3 Å². The number of rotatable bonds is 5. The molecule has 7 nitrogen and oxygen atoms in total. The monoisotopic (exact) mass is 370 g/mol. The molecule has 2 amide bonds. The van der Waals surface area contributed by atoms with Crippen LogP contribution < -0.4 is 24.4 Å². The summed E-state index contributed by atoms with van der Waals surface area (Å²) in [6, 6.07) is 10.2. The Labute approximate surface area is 157 Å². The molecule has 0 aliphatic carbocycles. The van der Waals surface area contributed by atoms with Gasteiger partial charge in [-0.3, -0.25) is 14.5 Å². The van der Waals surface area contributed by atoms with Gasteiger partial charge in [-0.15, -0.1) is 0 Å². The third-order valence-corrected chi connectivity index (χ3v) is 4.55. The number of carbonyl (C=O) groups excluding carboxylic acids is 2. The molecule has 1 aliphatic rings. The number of hydrogen-bond acceptors (Lipinski definition) is 5. The van der Waals surface area contributed by atoms with E-state index in [-0.39, 0.29) is 11.8 Å². The molecule has 7 heteroatoms. The number of carbonyl (C=O) groups is 2. The second kappa shape index (κ2) is 7.57. The van der Waals surface area contributed by atoms with Crippen molar-refractivity contribution >= 4 is 23.2 Å². The highest BCUT2D eigenvalue weighted by Gasteiger charge is 2.36. The summed E-state index contributed by atoms with van der Waals surface area (Å²) in [5, 5.41) is 2.86. The third-order valence-electron chi connectivity index (χ3n) is 4.55. The van der Waals surface area contributed by atoms with Crippen molar-refractivity contribution in [3.05, 3.63) is 42.0 Å². The van der Waals surface area contributed by atoms with Gasteiger partial charge in [-0.05, 0) is 11.6 Å². The SMILES string of the molecule is COc1cc(NC(=O)C2Cc3ccccc3N2C(C)=O)cc(OC)c1OC. The van der Waals surface area contributed by atoms with Crippen molar-refractivity contribution in [2.75, 3.05) is 31.5 Å². The lowest BCUT2D eigenvalue weighted by Crippen LogP contribution is -2.44. The lowest BCUT2D eigenvalue weighted by atomic mass is 10.1. The van der Waals surface area contributed by atoms with E-state index in [4.69, 9.17) is 14.2 Å². The smallest absolute Gasteiger partial charge is 0.247 e. The average molecular weight is 370 g/mol. The van der Waals surface area contributed by atoms with Crippen LogP contribution in [0, 0.1) is 0 Å². The van der Waals surface area contributed by atoms with E-state index in [1.165, 1.54) is 33.2 Å². The van der Waals surface area contributed by atoms with E-state index in [2.05, 4.69) is 5.32 Å². The fourth-order valence-electron chi connectivity index (χ4n) is 3.36. The fourth-order valence-corrected chi connectivity index (χ4v) is 3.36. The Morgan fingerprint density at radius 2 is 1.67 bits per heavy atom. The molecule has 0 fully saturated rings. The van der Waals surface area contributed by atoms with Crippen molar-refractivity contribution in [2.24, 2.45) is 0 Å². The number of nitrogens with zero attached hydrogens (tertiary/aromatic N) is 1. The molecule has 1 N–H and O–H groups in total. The molecule has 0 saturated heterocycles. The molecule has 1 atom stereocenters. The van der Waals surface area contributed by atoms with Gasteiger partial charge in [0.25, 0.3) is 0 Å². The van der Waals surface area contributed by atoms with Gasteiger partial charge in [0.1, 0.15) is 6.04 Å². The first kappa shape index (κ1) is 18.6. The van der Waals surface area contributed by atoms with Gasteiger partial charge in [-0.25, -0.2) is 0 Å². The maximum atomic E-state index is 12.9. The second-order valence-corrected chi connectivity index (χ2v) is 6.14. The summed E-state index contributed by atoms with van der Waals surface area (Å²) in [5.74, 6) is 0.855. The Balaban J connectivity index is 1.89. The van der Waals surface area contributed by atoms with Crippen LogP contribution in [0.5, 0.6) is 17.2 Å². The van der Waals surface area contributed by atoms with Crippen LogP contribution in [0.4, 0.5) is 11.4 Å². The Morgan fingerprint density at radius 3 is 2.22 bits per heavy atom. The molecule has 27 heavy (non-hydrogen) atoms. The minimum absolute atomic E-state index is 0.176. The predicted molar refractivity (Wildman–Crippen MR) is 102 cm³/mol. The second-order valence-electron chi connectivity index (χ2n) is 6.14. The summed E-state index contributed by atoms with van der Waals surface area (Å²) >= 11 is 0.